The molecule has 6 heteroatoms. The van der Waals surface area contributed by atoms with Crippen molar-refractivity contribution in [1.29, 1.82) is 0 Å². The maximum absolute atomic E-state index is 11.8. The second kappa shape index (κ2) is 6.16. The summed E-state index contributed by atoms with van der Waals surface area (Å²) < 4.78 is 36.2. The zero-order chi connectivity index (χ0) is 12.9. The molecule has 0 bridgehead atoms. The minimum atomic E-state index is -4.28. The number of carbonyl (C=O) groups is 1. The topological polar surface area (TPSA) is 29.1 Å². The number of nitrogens with one attached hydrogen (secondary N) is 1. The maximum Gasteiger partial charge on any atom is 0.401 e. The fourth-order valence-electron chi connectivity index (χ4n) is 1.26. The van der Waals surface area contributed by atoms with Gasteiger partial charge in [0.1, 0.15) is 0 Å². The van der Waals surface area contributed by atoms with E-state index >= 15 is 0 Å². The quantitative estimate of drug-likeness (QED) is 0.906. The lowest BCUT2D eigenvalue weighted by Gasteiger charge is -2.08. The molecule has 1 aromatic rings. The molecule has 0 aliphatic carbocycles. The van der Waals surface area contributed by atoms with Gasteiger partial charge in [-0.25, -0.2) is 0 Å². The highest BCUT2D eigenvalue weighted by Crippen LogP contribution is 2.16. The Morgan fingerprint density at radius 1 is 1.29 bits per heavy atom. The van der Waals surface area contributed by atoms with Crippen LogP contribution in [0.15, 0.2) is 28.7 Å². The molecule has 94 valence electrons. The first-order valence-electron chi connectivity index (χ1n) is 4.91. The second-order valence-corrected chi connectivity index (χ2v) is 4.38. The van der Waals surface area contributed by atoms with E-state index in [1.165, 1.54) is 0 Å². The highest BCUT2D eigenvalue weighted by molar-refractivity contribution is 9.10. The molecule has 0 saturated heterocycles. The molecule has 1 N–H and O–H groups in total. The van der Waals surface area contributed by atoms with E-state index in [2.05, 4.69) is 21.2 Å². The van der Waals surface area contributed by atoms with Crippen LogP contribution in [0.25, 0.3) is 0 Å². The lowest BCUT2D eigenvalue weighted by Crippen LogP contribution is -2.33. The fraction of sp³-hybridized carbons (Fsp3) is 0.364. The molecule has 0 spiro atoms. The number of benzene rings is 1. The molecule has 1 aromatic carbocycles. The van der Waals surface area contributed by atoms with Crippen molar-refractivity contribution in [3.8, 4) is 0 Å². The number of halogens is 4. The van der Waals surface area contributed by atoms with Crippen molar-refractivity contribution in [2.45, 2.75) is 12.6 Å². The number of hydrogen-bond acceptors (Lipinski definition) is 2. The molecule has 0 heterocycles. The first-order chi connectivity index (χ1) is 7.88. The molecule has 0 radical (unpaired) electrons. The van der Waals surface area contributed by atoms with Crippen LogP contribution in [0, 0.1) is 0 Å². The van der Waals surface area contributed by atoms with Gasteiger partial charge in [0, 0.05) is 10.9 Å². The van der Waals surface area contributed by atoms with Crippen LogP contribution in [0.3, 0.4) is 0 Å². The first-order valence-corrected chi connectivity index (χ1v) is 5.70. The smallest absolute Gasteiger partial charge is 0.302 e. The lowest BCUT2D eigenvalue weighted by molar-refractivity contribution is -0.127. The van der Waals surface area contributed by atoms with Crippen LogP contribution < -0.4 is 5.32 Å². The highest BCUT2D eigenvalue weighted by Gasteiger charge is 2.26. The summed E-state index contributed by atoms with van der Waals surface area (Å²) in [5, 5.41) is 2.07. The Morgan fingerprint density at radius 2 is 1.94 bits per heavy atom. The molecule has 0 atom stereocenters. The SMILES string of the molecule is O=C(CNCC(F)(F)F)Cc1ccccc1Br. The van der Waals surface area contributed by atoms with Gasteiger partial charge in [-0.2, -0.15) is 13.2 Å². The monoisotopic (exact) mass is 309 g/mol. The summed E-state index contributed by atoms with van der Waals surface area (Å²) in [5.74, 6) is -0.277. The van der Waals surface area contributed by atoms with Crippen molar-refractivity contribution in [2.24, 2.45) is 0 Å². The number of Topliss-reactive ketones (excluding diaryl/α,β-unsaturated/α-hetero) is 1. The largest absolute Gasteiger partial charge is 0.401 e. The van der Waals surface area contributed by atoms with E-state index in [-0.39, 0.29) is 18.7 Å². The number of ketones is 1. The normalized spacial score (nSPS) is 11.5. The molecule has 0 aliphatic rings. The first kappa shape index (κ1) is 14.2. The van der Waals surface area contributed by atoms with Crippen molar-refractivity contribution >= 4 is 21.7 Å². The summed E-state index contributed by atoms with van der Waals surface area (Å²) in [6.45, 7) is -1.42. The van der Waals surface area contributed by atoms with E-state index in [0.717, 1.165) is 10.0 Å². The Kier molecular flexibility index (Phi) is 5.14. The van der Waals surface area contributed by atoms with Crippen LogP contribution in [0.2, 0.25) is 0 Å². The number of rotatable bonds is 5. The molecular formula is C11H11BrF3NO. The number of hydrogen-bond donors (Lipinski definition) is 1. The van der Waals surface area contributed by atoms with Crippen LogP contribution in [-0.4, -0.2) is 25.0 Å². The molecular weight excluding hydrogens is 299 g/mol. The van der Waals surface area contributed by atoms with Gasteiger partial charge < -0.3 is 5.32 Å². The molecule has 0 aromatic heterocycles. The molecule has 1 rings (SSSR count). The Balaban J connectivity index is 2.38. The van der Waals surface area contributed by atoms with Gasteiger partial charge in [0.15, 0.2) is 5.78 Å². The Labute approximate surface area is 105 Å². The van der Waals surface area contributed by atoms with E-state index in [1.54, 1.807) is 24.3 Å². The molecule has 2 nitrogen and oxygen atoms in total. The minimum Gasteiger partial charge on any atom is -0.302 e. The standard InChI is InChI=1S/C11H11BrF3NO/c12-10-4-2-1-3-8(10)5-9(17)6-16-7-11(13,14)15/h1-4,16H,5-7H2. The molecule has 17 heavy (non-hydrogen) atoms. The third-order valence-electron chi connectivity index (χ3n) is 1.99. The predicted octanol–water partition coefficient (Wildman–Crippen LogP) is 2.71. The summed E-state index contributed by atoms with van der Waals surface area (Å²) in [6.07, 6.45) is -4.17. The van der Waals surface area contributed by atoms with Gasteiger partial charge in [0.05, 0.1) is 13.1 Å². The Hall–Kier alpha value is -0.880. The van der Waals surface area contributed by atoms with Gasteiger partial charge in [-0.15, -0.1) is 0 Å². The molecule has 0 saturated carbocycles. The molecule has 0 aliphatic heterocycles. The fourth-order valence-corrected chi connectivity index (χ4v) is 1.69. The van der Waals surface area contributed by atoms with Crippen molar-refractivity contribution in [2.75, 3.05) is 13.1 Å². The van der Waals surface area contributed by atoms with E-state index in [1.807, 2.05) is 0 Å². The average Bonchev–Trinajstić information content (AvgIpc) is 2.19. The molecule has 0 amide bonds. The predicted molar refractivity (Wildman–Crippen MR) is 61.8 cm³/mol. The molecule has 0 unspecified atom stereocenters. The van der Waals surface area contributed by atoms with E-state index in [4.69, 9.17) is 0 Å². The van der Waals surface area contributed by atoms with Crippen molar-refractivity contribution < 1.29 is 18.0 Å². The summed E-state index contributed by atoms with van der Waals surface area (Å²) in [5.41, 5.74) is 0.770. The summed E-state index contributed by atoms with van der Waals surface area (Å²) in [7, 11) is 0. The third-order valence-corrected chi connectivity index (χ3v) is 2.77. The summed E-state index contributed by atoms with van der Waals surface area (Å²) in [4.78, 5) is 11.4. The zero-order valence-corrected chi connectivity index (χ0v) is 10.4. The van der Waals surface area contributed by atoms with Gasteiger partial charge in [-0.3, -0.25) is 4.79 Å². The van der Waals surface area contributed by atoms with E-state index in [0.29, 0.717) is 0 Å². The lowest BCUT2D eigenvalue weighted by atomic mass is 10.1. The Bertz CT molecular complexity index is 393. The van der Waals surface area contributed by atoms with Gasteiger partial charge in [0.25, 0.3) is 0 Å². The van der Waals surface area contributed by atoms with Crippen molar-refractivity contribution in [3.63, 3.8) is 0 Å². The maximum atomic E-state index is 11.8. The third kappa shape index (κ3) is 5.83. The van der Waals surface area contributed by atoms with E-state index < -0.39 is 12.7 Å². The number of carbonyl (C=O) groups excluding carboxylic acids is 1. The van der Waals surface area contributed by atoms with Gasteiger partial charge in [-0.1, -0.05) is 34.1 Å². The van der Waals surface area contributed by atoms with Crippen LogP contribution in [0.5, 0.6) is 0 Å². The van der Waals surface area contributed by atoms with Gasteiger partial charge in [0.2, 0.25) is 0 Å². The Morgan fingerprint density at radius 3 is 2.53 bits per heavy atom. The van der Waals surface area contributed by atoms with Crippen LogP contribution >= 0.6 is 15.9 Å². The van der Waals surface area contributed by atoms with Gasteiger partial charge in [-0.05, 0) is 11.6 Å². The van der Waals surface area contributed by atoms with Crippen LogP contribution in [-0.2, 0) is 11.2 Å². The second-order valence-electron chi connectivity index (χ2n) is 3.53. The van der Waals surface area contributed by atoms with Crippen molar-refractivity contribution in [1.82, 2.24) is 5.32 Å². The summed E-state index contributed by atoms with van der Waals surface area (Å²) >= 11 is 3.27. The zero-order valence-electron chi connectivity index (χ0n) is 8.85. The highest BCUT2D eigenvalue weighted by atomic mass is 79.9. The van der Waals surface area contributed by atoms with Gasteiger partial charge >= 0.3 is 6.18 Å². The van der Waals surface area contributed by atoms with Crippen LogP contribution in [0.4, 0.5) is 13.2 Å². The molecule has 0 fully saturated rings. The minimum absolute atomic E-state index is 0.117. The van der Waals surface area contributed by atoms with Crippen molar-refractivity contribution in [3.05, 3.63) is 34.3 Å². The summed E-state index contributed by atoms with van der Waals surface area (Å²) in [6, 6.07) is 7.12. The number of alkyl halides is 3. The average molecular weight is 310 g/mol. The van der Waals surface area contributed by atoms with Crippen LogP contribution in [0.1, 0.15) is 5.56 Å². The van der Waals surface area contributed by atoms with E-state index in [9.17, 15) is 18.0 Å².